The van der Waals surface area contributed by atoms with Gasteiger partial charge in [-0.2, -0.15) is 10.5 Å². The predicted molar refractivity (Wildman–Crippen MR) is 227 cm³/mol. The zero-order valence-corrected chi connectivity index (χ0v) is 34.2. The van der Waals surface area contributed by atoms with Crippen molar-refractivity contribution >= 4 is 11.9 Å². The van der Waals surface area contributed by atoms with Gasteiger partial charge in [-0.3, -0.25) is 0 Å². The van der Waals surface area contributed by atoms with Gasteiger partial charge < -0.3 is 9.47 Å². The number of hydrogen-bond donors (Lipinski definition) is 0. The topological polar surface area (TPSA) is 152 Å². The van der Waals surface area contributed by atoms with E-state index in [-0.39, 0.29) is 28.2 Å². The van der Waals surface area contributed by atoms with Crippen molar-refractivity contribution in [2.75, 3.05) is 0 Å². The first-order chi connectivity index (χ1) is 29.7. The van der Waals surface area contributed by atoms with E-state index in [0.29, 0.717) is 17.2 Å². The fraction of sp³-hybridized carbons (Fsp3) is 0.265. The molecule has 0 saturated heterocycles. The summed E-state index contributed by atoms with van der Waals surface area (Å²) in [6.45, 7) is 4.15. The van der Waals surface area contributed by atoms with Gasteiger partial charge in [-0.15, -0.1) is 0 Å². The molecule has 0 aliphatic carbocycles. The minimum atomic E-state index is -0.759. The molecule has 2 aromatic heterocycles. The fourth-order valence-corrected chi connectivity index (χ4v) is 6.13. The number of hydrogen-bond acceptors (Lipinski definition) is 10. The van der Waals surface area contributed by atoms with Crippen LogP contribution in [0.2, 0.25) is 0 Å². The van der Waals surface area contributed by atoms with Crippen LogP contribution in [0.1, 0.15) is 114 Å². The first-order valence-corrected chi connectivity index (χ1v) is 20.3. The average Bonchev–Trinajstić information content (AvgIpc) is 3.28. The predicted octanol–water partition coefficient (Wildman–Crippen LogP) is 11.5. The Bertz CT molecular complexity index is 2450. The van der Waals surface area contributed by atoms with Gasteiger partial charge in [0.1, 0.15) is 17.6 Å². The van der Waals surface area contributed by atoms with E-state index in [9.17, 15) is 18.4 Å². The van der Waals surface area contributed by atoms with Crippen molar-refractivity contribution in [2.45, 2.75) is 84.5 Å². The number of nitrogens with zero attached hydrogens (tertiary/aromatic N) is 6. The summed E-state index contributed by atoms with van der Waals surface area (Å²) in [7, 11) is 0. The Labute approximate surface area is 354 Å². The molecule has 6 rings (SSSR count). The van der Waals surface area contributed by atoms with Gasteiger partial charge in [-0.1, -0.05) is 89.0 Å². The van der Waals surface area contributed by atoms with E-state index in [1.165, 1.54) is 82.1 Å². The Morgan fingerprint density at radius 1 is 0.590 bits per heavy atom. The molecule has 0 aliphatic rings. The van der Waals surface area contributed by atoms with Crippen LogP contribution >= 0.6 is 0 Å². The number of ether oxygens (including phenoxy) is 2. The number of nitriles is 2. The van der Waals surface area contributed by atoms with Crippen molar-refractivity contribution < 1.29 is 27.8 Å². The summed E-state index contributed by atoms with van der Waals surface area (Å²) in [6, 6.07) is 24.1. The summed E-state index contributed by atoms with van der Waals surface area (Å²) in [6.07, 6.45) is 21.3. The third-order valence-corrected chi connectivity index (χ3v) is 9.60. The molecule has 0 amide bonds. The highest BCUT2D eigenvalue weighted by Crippen LogP contribution is 2.23. The zero-order chi connectivity index (χ0) is 43.4. The van der Waals surface area contributed by atoms with Gasteiger partial charge in [0.2, 0.25) is 0 Å². The molecule has 0 radical (unpaired) electrons. The first kappa shape index (κ1) is 44.9. The Morgan fingerprint density at radius 3 is 1.62 bits per heavy atom. The number of aromatic nitrogens is 4. The second-order valence-corrected chi connectivity index (χ2v) is 14.4. The molecule has 61 heavy (non-hydrogen) atoms. The smallest absolute Gasteiger partial charge is 0.343 e. The van der Waals surface area contributed by atoms with E-state index < -0.39 is 23.6 Å². The van der Waals surface area contributed by atoms with Crippen LogP contribution in [0.15, 0.2) is 110 Å². The molecule has 0 saturated carbocycles. The van der Waals surface area contributed by atoms with Crippen LogP contribution < -0.4 is 9.47 Å². The van der Waals surface area contributed by atoms with Crippen molar-refractivity contribution in [2.24, 2.45) is 0 Å². The molecule has 0 aliphatic heterocycles. The van der Waals surface area contributed by atoms with Crippen molar-refractivity contribution in [3.63, 3.8) is 0 Å². The van der Waals surface area contributed by atoms with Crippen LogP contribution in [0.5, 0.6) is 11.5 Å². The summed E-state index contributed by atoms with van der Waals surface area (Å²) in [5, 5.41) is 17.5. The molecule has 0 N–H and O–H groups in total. The number of aryl methyl sites for hydroxylation is 2. The molecule has 6 aromatic rings. The van der Waals surface area contributed by atoms with E-state index in [2.05, 4.69) is 26.9 Å². The van der Waals surface area contributed by atoms with Crippen LogP contribution in [0.25, 0.3) is 22.8 Å². The lowest BCUT2D eigenvalue weighted by Gasteiger charge is -2.07. The van der Waals surface area contributed by atoms with Crippen LogP contribution in [0, 0.1) is 41.2 Å². The minimum Gasteiger partial charge on any atom is -0.423 e. The number of esters is 2. The highest BCUT2D eigenvalue weighted by Gasteiger charge is 2.14. The molecule has 0 spiro atoms. The molecule has 4 aromatic carbocycles. The van der Waals surface area contributed by atoms with Gasteiger partial charge in [0.25, 0.3) is 0 Å². The lowest BCUT2D eigenvalue weighted by molar-refractivity contribution is 0.0721. The van der Waals surface area contributed by atoms with Crippen molar-refractivity contribution in [1.29, 1.82) is 10.5 Å². The van der Waals surface area contributed by atoms with Crippen molar-refractivity contribution in [3.8, 4) is 46.4 Å². The van der Waals surface area contributed by atoms with E-state index in [1.807, 2.05) is 25.4 Å². The highest BCUT2D eigenvalue weighted by atomic mass is 19.1. The van der Waals surface area contributed by atoms with E-state index >= 15 is 0 Å². The molecule has 12 heteroatoms. The van der Waals surface area contributed by atoms with Crippen LogP contribution in [0.3, 0.4) is 0 Å². The largest absolute Gasteiger partial charge is 0.423 e. The standard InChI is InChI=1S/C30H34FN3O2.C19H12FN3O2/c1-2-3-4-5-6-7-8-9-10-11-12-24-21-33-29(34-22-24)25-14-16-26(17-15-25)30(35)36-28-18-13-23(20-32)19-27(28)31;1-12-10-22-18(23-11-12)13-2-4-14(5-3-13)19(24)25-16-7-6-15(9-21)17(20)8-16/h13-19,21-22H,2-12H2,1H3;2-8,10-11H,1H3. The van der Waals surface area contributed by atoms with Crippen LogP contribution in [-0.4, -0.2) is 31.9 Å². The summed E-state index contributed by atoms with van der Waals surface area (Å²) in [4.78, 5) is 41.9. The summed E-state index contributed by atoms with van der Waals surface area (Å²) in [5.41, 5.74) is 4.26. The highest BCUT2D eigenvalue weighted by molar-refractivity contribution is 5.92. The molecule has 0 fully saturated rings. The maximum Gasteiger partial charge on any atom is 0.343 e. The molecule has 310 valence electrons. The second kappa shape index (κ2) is 23.4. The SMILES string of the molecule is CCCCCCCCCCCCc1cnc(-c2ccc(C(=O)Oc3ccc(C#N)cc3F)cc2)nc1.Cc1cnc(-c2ccc(C(=O)Oc3ccc(C#N)c(F)c3)cc2)nc1. The van der Waals surface area contributed by atoms with E-state index in [4.69, 9.17) is 20.0 Å². The maximum absolute atomic E-state index is 14.0. The Hall–Kier alpha value is -7.18. The van der Waals surface area contributed by atoms with E-state index in [0.717, 1.165) is 47.2 Å². The second-order valence-electron chi connectivity index (χ2n) is 14.4. The van der Waals surface area contributed by atoms with Crippen molar-refractivity contribution in [1.82, 2.24) is 19.9 Å². The van der Waals surface area contributed by atoms with Gasteiger partial charge in [0.05, 0.1) is 28.3 Å². The third-order valence-electron chi connectivity index (χ3n) is 9.60. The Balaban J connectivity index is 0.000000246. The molecule has 0 unspecified atom stereocenters. The quantitative estimate of drug-likeness (QED) is 0.0494. The summed E-state index contributed by atoms with van der Waals surface area (Å²) >= 11 is 0. The lowest BCUT2D eigenvalue weighted by Crippen LogP contribution is -2.09. The molecule has 10 nitrogen and oxygen atoms in total. The van der Waals surface area contributed by atoms with Crippen molar-refractivity contribution in [3.05, 3.63) is 155 Å². The minimum absolute atomic E-state index is 0.0347. The maximum atomic E-state index is 14.0. The average molecular weight is 821 g/mol. The first-order valence-electron chi connectivity index (χ1n) is 20.3. The Morgan fingerprint density at radius 2 is 1.11 bits per heavy atom. The third kappa shape index (κ3) is 14.0. The fourth-order valence-electron chi connectivity index (χ4n) is 6.13. The number of carbonyl (C=O) groups is 2. The van der Waals surface area contributed by atoms with Gasteiger partial charge in [0, 0.05) is 42.0 Å². The van der Waals surface area contributed by atoms with Gasteiger partial charge in [-0.25, -0.2) is 38.3 Å². The number of benzene rings is 4. The number of halogens is 2. The van der Waals surface area contributed by atoms with Crippen LogP contribution in [0.4, 0.5) is 8.78 Å². The summed E-state index contributed by atoms with van der Waals surface area (Å²) in [5.74, 6) is -1.85. The lowest BCUT2D eigenvalue weighted by atomic mass is 10.0. The number of carbonyl (C=O) groups excluding carboxylic acids is 2. The number of rotatable bonds is 17. The van der Waals surface area contributed by atoms with Crippen LogP contribution in [-0.2, 0) is 6.42 Å². The molecule has 2 heterocycles. The molecule has 0 bridgehead atoms. The van der Waals surface area contributed by atoms with Gasteiger partial charge >= 0.3 is 11.9 Å². The van der Waals surface area contributed by atoms with E-state index in [1.54, 1.807) is 67.0 Å². The molecule has 0 atom stereocenters. The monoisotopic (exact) mass is 820 g/mol. The van der Waals surface area contributed by atoms with Gasteiger partial charge in [-0.05, 0) is 85.5 Å². The molecular formula is C49H46F2N6O4. The number of unbranched alkanes of at least 4 members (excludes halogenated alkanes) is 9. The van der Waals surface area contributed by atoms with Gasteiger partial charge in [0.15, 0.2) is 23.2 Å². The zero-order valence-electron chi connectivity index (χ0n) is 34.2. The Kier molecular flexibility index (Phi) is 17.2. The summed E-state index contributed by atoms with van der Waals surface area (Å²) < 4.78 is 37.8. The molecular weight excluding hydrogens is 775 g/mol. The normalized spacial score (nSPS) is 10.5.